The number of rotatable bonds is 5. The van der Waals surface area contributed by atoms with Crippen molar-refractivity contribution in [3.63, 3.8) is 0 Å². The van der Waals surface area contributed by atoms with Crippen LogP contribution in [0.4, 0.5) is 0 Å². The lowest BCUT2D eigenvalue weighted by atomic mass is 9.47. The molecule has 0 aromatic carbocycles. The Kier molecular flexibility index (Phi) is 5.32. The number of hydrogen-bond acceptors (Lipinski definition) is 2. The van der Waals surface area contributed by atoms with Crippen LogP contribution in [0.3, 0.4) is 0 Å². The van der Waals surface area contributed by atoms with E-state index in [9.17, 15) is 9.59 Å². The summed E-state index contributed by atoms with van der Waals surface area (Å²) >= 11 is 0. The Balaban J connectivity index is 1.65. The van der Waals surface area contributed by atoms with Gasteiger partial charge in [-0.15, -0.1) is 0 Å². The smallest absolute Gasteiger partial charge is 0.303 e. The van der Waals surface area contributed by atoms with Crippen molar-refractivity contribution in [2.24, 2.45) is 40.4 Å². The van der Waals surface area contributed by atoms with Gasteiger partial charge in [0.1, 0.15) is 0 Å². The summed E-state index contributed by atoms with van der Waals surface area (Å²) in [6.45, 7) is 9.48. The van der Waals surface area contributed by atoms with Gasteiger partial charge in [0, 0.05) is 12.8 Å². The van der Waals surface area contributed by atoms with Gasteiger partial charge in [-0.3, -0.25) is 9.59 Å². The molecule has 160 valence electrons. The zero-order valence-corrected chi connectivity index (χ0v) is 18.7. The molecule has 0 bridgehead atoms. The molecule has 0 aromatic heterocycles. The first kappa shape index (κ1) is 20.9. The summed E-state index contributed by atoms with van der Waals surface area (Å²) in [5, 5.41) is 9.13. The van der Waals surface area contributed by atoms with E-state index >= 15 is 0 Å². The largest absolute Gasteiger partial charge is 0.481 e. The summed E-state index contributed by atoms with van der Waals surface area (Å²) < 4.78 is 0. The highest BCUT2D eigenvalue weighted by atomic mass is 16.4. The molecule has 4 rings (SSSR count). The Morgan fingerprint density at radius 3 is 2.66 bits per heavy atom. The van der Waals surface area contributed by atoms with Crippen LogP contribution in [-0.2, 0) is 9.59 Å². The highest BCUT2D eigenvalue weighted by molar-refractivity contribution is 5.92. The average Bonchev–Trinajstić information content (AvgIpc) is 3.03. The van der Waals surface area contributed by atoms with Gasteiger partial charge in [-0.05, 0) is 103 Å². The highest BCUT2D eigenvalue weighted by Crippen LogP contribution is 2.67. The maximum atomic E-state index is 12.2. The standard InChI is InChI=1S/C26H38O3/c1-5-17-14-19-21-8-7-20(16(2)6-9-24(28)29)25(21,3)13-11-22(19)26(4)12-10-18(27)15-23(17)26/h14-16,19-22H,5-13H2,1-4H3,(H,28,29)/t16-,19?,20?,21?,22?,25?,26?/m1/s1. The van der Waals surface area contributed by atoms with Crippen molar-refractivity contribution in [3.05, 3.63) is 23.3 Å². The third-order valence-electron chi connectivity index (χ3n) is 9.66. The first-order valence-corrected chi connectivity index (χ1v) is 11.9. The van der Waals surface area contributed by atoms with Gasteiger partial charge in [0.05, 0.1) is 0 Å². The molecule has 0 aromatic rings. The maximum absolute atomic E-state index is 12.2. The van der Waals surface area contributed by atoms with Crippen LogP contribution in [0.25, 0.3) is 0 Å². The predicted molar refractivity (Wildman–Crippen MR) is 115 cm³/mol. The number of ketones is 1. The minimum Gasteiger partial charge on any atom is -0.481 e. The van der Waals surface area contributed by atoms with Gasteiger partial charge in [-0.25, -0.2) is 0 Å². The van der Waals surface area contributed by atoms with Crippen LogP contribution in [-0.4, -0.2) is 16.9 Å². The van der Waals surface area contributed by atoms with E-state index in [4.69, 9.17) is 5.11 Å². The van der Waals surface area contributed by atoms with Crippen LogP contribution in [0, 0.1) is 40.4 Å². The fourth-order valence-electron chi connectivity index (χ4n) is 8.09. The number of hydrogen-bond donors (Lipinski definition) is 1. The Bertz CT molecular complexity index is 762. The van der Waals surface area contributed by atoms with E-state index in [-0.39, 0.29) is 5.41 Å². The van der Waals surface area contributed by atoms with E-state index < -0.39 is 5.97 Å². The molecule has 2 saturated carbocycles. The molecular weight excluding hydrogens is 360 g/mol. The molecule has 0 aliphatic heterocycles. The lowest BCUT2D eigenvalue weighted by Crippen LogP contribution is -2.50. The third kappa shape index (κ3) is 3.24. The Hall–Kier alpha value is -1.38. The van der Waals surface area contributed by atoms with Crippen molar-refractivity contribution < 1.29 is 14.7 Å². The molecule has 29 heavy (non-hydrogen) atoms. The first-order valence-electron chi connectivity index (χ1n) is 11.9. The van der Waals surface area contributed by atoms with Gasteiger partial charge in [0.2, 0.25) is 0 Å². The summed E-state index contributed by atoms with van der Waals surface area (Å²) in [4.78, 5) is 23.3. The fourth-order valence-corrected chi connectivity index (χ4v) is 8.09. The van der Waals surface area contributed by atoms with E-state index in [1.54, 1.807) is 0 Å². The lowest BCUT2D eigenvalue weighted by molar-refractivity contribution is -0.137. The number of aliphatic carboxylic acids is 1. The first-order chi connectivity index (χ1) is 13.7. The van der Waals surface area contributed by atoms with Gasteiger partial charge < -0.3 is 5.11 Å². The van der Waals surface area contributed by atoms with E-state index in [2.05, 4.69) is 33.8 Å². The molecule has 6 unspecified atom stereocenters. The number of carbonyl (C=O) groups is 2. The Labute approximate surface area is 176 Å². The van der Waals surface area contributed by atoms with Crippen LogP contribution >= 0.6 is 0 Å². The van der Waals surface area contributed by atoms with Crippen LogP contribution < -0.4 is 0 Å². The number of fused-ring (bicyclic) bond motifs is 5. The molecule has 4 aliphatic rings. The van der Waals surface area contributed by atoms with Crippen molar-refractivity contribution in [2.75, 3.05) is 0 Å². The molecule has 0 amide bonds. The van der Waals surface area contributed by atoms with E-state index in [0.29, 0.717) is 53.6 Å². The van der Waals surface area contributed by atoms with Crippen molar-refractivity contribution in [2.45, 2.75) is 85.5 Å². The van der Waals surface area contributed by atoms with Crippen molar-refractivity contribution in [1.29, 1.82) is 0 Å². The predicted octanol–water partition coefficient (Wildman–Crippen LogP) is 6.19. The molecule has 3 heteroatoms. The second-order valence-corrected chi connectivity index (χ2v) is 10.9. The maximum Gasteiger partial charge on any atom is 0.303 e. The summed E-state index contributed by atoms with van der Waals surface area (Å²) in [5.74, 6) is 2.75. The minimum absolute atomic E-state index is 0.160. The number of carboxylic acid groups (broad SMARTS) is 1. The van der Waals surface area contributed by atoms with Crippen molar-refractivity contribution >= 4 is 11.8 Å². The van der Waals surface area contributed by atoms with E-state index in [1.807, 2.05) is 6.08 Å². The Morgan fingerprint density at radius 2 is 1.97 bits per heavy atom. The fraction of sp³-hybridized carbons (Fsp3) is 0.769. The van der Waals surface area contributed by atoms with Crippen molar-refractivity contribution in [3.8, 4) is 0 Å². The normalized spacial score (nSPS) is 42.3. The van der Waals surface area contributed by atoms with Gasteiger partial charge in [-0.2, -0.15) is 0 Å². The van der Waals surface area contributed by atoms with Crippen LogP contribution in [0.5, 0.6) is 0 Å². The van der Waals surface area contributed by atoms with Crippen molar-refractivity contribution in [1.82, 2.24) is 0 Å². The summed E-state index contributed by atoms with van der Waals surface area (Å²) in [6.07, 6.45) is 13.4. The Morgan fingerprint density at radius 1 is 1.21 bits per heavy atom. The topological polar surface area (TPSA) is 54.4 Å². The van der Waals surface area contributed by atoms with Crippen LogP contribution in [0.1, 0.15) is 85.5 Å². The zero-order chi connectivity index (χ0) is 21.0. The molecule has 3 nitrogen and oxygen atoms in total. The van der Waals surface area contributed by atoms with Gasteiger partial charge in [-0.1, -0.05) is 33.8 Å². The second-order valence-electron chi connectivity index (χ2n) is 10.9. The summed E-state index contributed by atoms with van der Waals surface area (Å²) in [5.41, 5.74) is 3.27. The molecule has 4 aliphatic carbocycles. The quantitative estimate of drug-likeness (QED) is 0.600. The van der Waals surface area contributed by atoms with Gasteiger partial charge in [0.25, 0.3) is 0 Å². The molecular formula is C26H38O3. The summed E-state index contributed by atoms with van der Waals surface area (Å²) in [7, 11) is 0. The van der Waals surface area contributed by atoms with Crippen LogP contribution in [0.15, 0.2) is 23.3 Å². The lowest BCUT2D eigenvalue weighted by Gasteiger charge is -2.57. The summed E-state index contributed by atoms with van der Waals surface area (Å²) in [6, 6.07) is 0. The third-order valence-corrected chi connectivity index (χ3v) is 9.66. The average molecular weight is 399 g/mol. The number of allylic oxidation sites excluding steroid dienone is 4. The molecule has 1 N–H and O–H groups in total. The second kappa shape index (κ2) is 7.39. The molecule has 0 radical (unpaired) electrons. The van der Waals surface area contributed by atoms with Gasteiger partial charge >= 0.3 is 5.97 Å². The molecule has 0 heterocycles. The van der Waals surface area contributed by atoms with E-state index in [1.165, 1.54) is 36.8 Å². The molecule has 0 spiro atoms. The number of carbonyl (C=O) groups excluding carboxylic acids is 1. The highest BCUT2D eigenvalue weighted by Gasteiger charge is 2.59. The monoisotopic (exact) mass is 398 g/mol. The number of carboxylic acids is 1. The minimum atomic E-state index is -0.665. The molecule has 7 atom stereocenters. The molecule has 2 fully saturated rings. The molecule has 0 saturated heterocycles. The van der Waals surface area contributed by atoms with Gasteiger partial charge in [0.15, 0.2) is 5.78 Å². The van der Waals surface area contributed by atoms with Crippen LogP contribution in [0.2, 0.25) is 0 Å². The zero-order valence-electron chi connectivity index (χ0n) is 18.7. The SMILES string of the molecule is CCC1=CC2C(CCC3(C)C2CCC3[C@H](C)CCC(=O)O)C2(C)CCC(=O)C=C12. The van der Waals surface area contributed by atoms with E-state index in [0.717, 1.165) is 19.3 Å².